The van der Waals surface area contributed by atoms with Crippen LogP contribution in [0.25, 0.3) is 11.5 Å². The quantitative estimate of drug-likeness (QED) is 0.739. The zero-order valence-corrected chi connectivity index (χ0v) is 15.5. The molecule has 1 fully saturated rings. The van der Waals surface area contributed by atoms with E-state index in [4.69, 9.17) is 4.42 Å². The first-order chi connectivity index (χ1) is 13.6. The molecule has 7 heteroatoms. The van der Waals surface area contributed by atoms with Crippen LogP contribution in [0.3, 0.4) is 0 Å². The Kier molecular flexibility index (Phi) is 4.89. The largest absolute Gasteiger partial charge is 0.423 e. The monoisotopic (exact) mass is 376 g/mol. The standard InChI is InChI=1S/C21H20N4O3/c1-14-5-7-15(8-6-14)11-25-12-17(10-19(25)26)20(27)23-18-4-2-3-16(9-18)21-24-22-13-28-21/h2-9,13,17H,10-12H2,1H3,(H,23,27)/t17-/m0/s1. The van der Waals surface area contributed by atoms with Crippen LogP contribution in [0, 0.1) is 12.8 Å². The lowest BCUT2D eigenvalue weighted by molar-refractivity contribution is -0.128. The molecule has 0 aliphatic carbocycles. The van der Waals surface area contributed by atoms with Gasteiger partial charge in [-0.3, -0.25) is 9.59 Å². The number of amides is 2. The highest BCUT2D eigenvalue weighted by molar-refractivity contribution is 5.97. The second kappa shape index (κ2) is 7.64. The molecule has 0 bridgehead atoms. The van der Waals surface area contributed by atoms with Gasteiger partial charge in [0.2, 0.25) is 24.1 Å². The molecule has 142 valence electrons. The summed E-state index contributed by atoms with van der Waals surface area (Å²) in [6, 6.07) is 15.3. The van der Waals surface area contributed by atoms with Crippen molar-refractivity contribution in [2.24, 2.45) is 5.92 Å². The molecule has 2 aromatic carbocycles. The summed E-state index contributed by atoms with van der Waals surface area (Å²) in [4.78, 5) is 26.7. The first-order valence-electron chi connectivity index (χ1n) is 9.09. The van der Waals surface area contributed by atoms with Crippen molar-refractivity contribution in [3.63, 3.8) is 0 Å². The van der Waals surface area contributed by atoms with Gasteiger partial charge in [-0.15, -0.1) is 10.2 Å². The predicted molar refractivity (Wildman–Crippen MR) is 103 cm³/mol. The van der Waals surface area contributed by atoms with Crippen LogP contribution in [0.2, 0.25) is 0 Å². The minimum absolute atomic E-state index is 0.000311. The van der Waals surface area contributed by atoms with Crippen molar-refractivity contribution in [2.45, 2.75) is 19.9 Å². The molecule has 28 heavy (non-hydrogen) atoms. The number of nitrogens with zero attached hydrogens (tertiary/aromatic N) is 3. The summed E-state index contributed by atoms with van der Waals surface area (Å²) in [6.07, 6.45) is 1.48. The molecular weight excluding hydrogens is 356 g/mol. The van der Waals surface area contributed by atoms with E-state index >= 15 is 0 Å². The maximum Gasteiger partial charge on any atom is 0.247 e. The molecule has 2 heterocycles. The van der Waals surface area contributed by atoms with Gasteiger partial charge in [-0.05, 0) is 30.7 Å². The Balaban J connectivity index is 1.40. The molecule has 0 unspecified atom stereocenters. The Hall–Kier alpha value is -3.48. The van der Waals surface area contributed by atoms with Crippen molar-refractivity contribution in [3.05, 3.63) is 66.1 Å². The molecule has 1 aliphatic rings. The lowest BCUT2D eigenvalue weighted by Gasteiger charge is -2.17. The Morgan fingerprint density at radius 2 is 2.07 bits per heavy atom. The van der Waals surface area contributed by atoms with Crippen molar-refractivity contribution in [1.29, 1.82) is 0 Å². The van der Waals surface area contributed by atoms with E-state index in [1.165, 1.54) is 12.0 Å². The Labute approximate surface area is 162 Å². The number of aryl methyl sites for hydroxylation is 1. The van der Waals surface area contributed by atoms with Crippen molar-refractivity contribution in [1.82, 2.24) is 15.1 Å². The summed E-state index contributed by atoms with van der Waals surface area (Å²) < 4.78 is 5.19. The van der Waals surface area contributed by atoms with Crippen LogP contribution in [-0.4, -0.2) is 33.5 Å². The summed E-state index contributed by atoms with van der Waals surface area (Å²) in [6.45, 7) is 2.97. The molecule has 0 radical (unpaired) electrons. The van der Waals surface area contributed by atoms with Crippen LogP contribution in [-0.2, 0) is 16.1 Å². The van der Waals surface area contributed by atoms with Gasteiger partial charge in [-0.1, -0.05) is 35.9 Å². The summed E-state index contributed by atoms with van der Waals surface area (Å²) in [5.74, 6) is -0.149. The summed E-state index contributed by atoms with van der Waals surface area (Å²) in [7, 11) is 0. The van der Waals surface area contributed by atoms with Crippen LogP contribution >= 0.6 is 0 Å². The fraction of sp³-hybridized carbons (Fsp3) is 0.238. The van der Waals surface area contributed by atoms with E-state index in [9.17, 15) is 9.59 Å². The first kappa shape index (κ1) is 17.9. The van der Waals surface area contributed by atoms with Crippen molar-refractivity contribution < 1.29 is 14.0 Å². The van der Waals surface area contributed by atoms with Crippen molar-refractivity contribution in [2.75, 3.05) is 11.9 Å². The second-order valence-electron chi connectivity index (χ2n) is 6.97. The van der Waals surface area contributed by atoms with Gasteiger partial charge in [0.1, 0.15) is 0 Å². The molecule has 0 spiro atoms. The van der Waals surface area contributed by atoms with E-state index in [1.807, 2.05) is 37.3 Å². The van der Waals surface area contributed by atoms with Crippen LogP contribution in [0.15, 0.2) is 59.3 Å². The number of hydrogen-bond donors (Lipinski definition) is 1. The SMILES string of the molecule is Cc1ccc(CN2C[C@@H](C(=O)Nc3cccc(-c4nnco4)c3)CC2=O)cc1. The fourth-order valence-electron chi connectivity index (χ4n) is 3.29. The number of anilines is 1. The molecule has 2 amide bonds. The molecule has 1 saturated heterocycles. The molecular formula is C21H20N4O3. The summed E-state index contributed by atoms with van der Waals surface area (Å²) in [5, 5.41) is 10.4. The van der Waals surface area contributed by atoms with Gasteiger partial charge >= 0.3 is 0 Å². The van der Waals surface area contributed by atoms with Gasteiger partial charge in [0.05, 0.1) is 5.92 Å². The minimum atomic E-state index is -0.370. The number of nitrogens with one attached hydrogen (secondary N) is 1. The maximum atomic E-state index is 12.7. The van der Waals surface area contributed by atoms with Gasteiger partial charge in [0.15, 0.2) is 0 Å². The van der Waals surface area contributed by atoms with Crippen molar-refractivity contribution in [3.8, 4) is 11.5 Å². The van der Waals surface area contributed by atoms with Gasteiger partial charge in [0.25, 0.3) is 0 Å². The minimum Gasteiger partial charge on any atom is -0.423 e. The number of likely N-dealkylation sites (tertiary alicyclic amines) is 1. The number of benzene rings is 2. The zero-order valence-electron chi connectivity index (χ0n) is 15.5. The maximum absolute atomic E-state index is 12.7. The highest BCUT2D eigenvalue weighted by Gasteiger charge is 2.34. The topological polar surface area (TPSA) is 88.3 Å². The Morgan fingerprint density at radius 3 is 2.82 bits per heavy atom. The van der Waals surface area contributed by atoms with Crippen LogP contribution in [0.1, 0.15) is 17.5 Å². The predicted octanol–water partition coefficient (Wildman–Crippen LogP) is 3.03. The molecule has 7 nitrogen and oxygen atoms in total. The van der Waals surface area contributed by atoms with E-state index < -0.39 is 0 Å². The molecule has 1 aromatic heterocycles. The molecule has 0 saturated carbocycles. The molecule has 1 atom stereocenters. The highest BCUT2D eigenvalue weighted by atomic mass is 16.4. The van der Waals surface area contributed by atoms with E-state index in [-0.39, 0.29) is 24.2 Å². The third kappa shape index (κ3) is 3.93. The number of carbonyl (C=O) groups excluding carboxylic acids is 2. The van der Waals surface area contributed by atoms with Gasteiger partial charge in [-0.25, -0.2) is 0 Å². The average molecular weight is 376 g/mol. The van der Waals surface area contributed by atoms with Crippen LogP contribution in [0.4, 0.5) is 5.69 Å². The Morgan fingerprint density at radius 1 is 1.25 bits per heavy atom. The third-order valence-electron chi connectivity index (χ3n) is 4.82. The van der Waals surface area contributed by atoms with Gasteiger partial charge in [0, 0.05) is 30.8 Å². The Bertz CT molecular complexity index is 983. The first-order valence-corrected chi connectivity index (χ1v) is 9.09. The fourth-order valence-corrected chi connectivity index (χ4v) is 3.29. The number of hydrogen-bond acceptors (Lipinski definition) is 5. The third-order valence-corrected chi connectivity index (χ3v) is 4.82. The number of carbonyl (C=O) groups is 2. The molecule has 3 aromatic rings. The summed E-state index contributed by atoms with van der Waals surface area (Å²) in [5.41, 5.74) is 3.59. The smallest absolute Gasteiger partial charge is 0.247 e. The molecule has 1 aliphatic heterocycles. The van der Waals surface area contributed by atoms with Crippen molar-refractivity contribution >= 4 is 17.5 Å². The average Bonchev–Trinajstić information content (AvgIpc) is 3.34. The van der Waals surface area contributed by atoms with E-state index in [0.29, 0.717) is 24.7 Å². The second-order valence-corrected chi connectivity index (χ2v) is 6.97. The molecule has 1 N–H and O–H groups in total. The van der Waals surface area contributed by atoms with Crippen LogP contribution in [0.5, 0.6) is 0 Å². The van der Waals surface area contributed by atoms with E-state index in [1.54, 1.807) is 23.1 Å². The lowest BCUT2D eigenvalue weighted by atomic mass is 10.1. The molecule has 4 rings (SSSR count). The van der Waals surface area contributed by atoms with Gasteiger partial charge in [-0.2, -0.15) is 0 Å². The van der Waals surface area contributed by atoms with Crippen LogP contribution < -0.4 is 5.32 Å². The number of aromatic nitrogens is 2. The van der Waals surface area contributed by atoms with E-state index in [2.05, 4.69) is 15.5 Å². The number of rotatable bonds is 5. The lowest BCUT2D eigenvalue weighted by Crippen LogP contribution is -2.28. The van der Waals surface area contributed by atoms with E-state index in [0.717, 1.165) is 11.1 Å². The zero-order chi connectivity index (χ0) is 19.5. The highest BCUT2D eigenvalue weighted by Crippen LogP contribution is 2.24. The van der Waals surface area contributed by atoms with Gasteiger partial charge < -0.3 is 14.6 Å². The summed E-state index contributed by atoms with van der Waals surface area (Å²) >= 11 is 0. The normalized spacial score (nSPS) is 16.4.